The van der Waals surface area contributed by atoms with Gasteiger partial charge in [-0.1, -0.05) is 43.5 Å². The second kappa shape index (κ2) is 4.96. The summed E-state index contributed by atoms with van der Waals surface area (Å²) in [6.07, 6.45) is 0. The summed E-state index contributed by atoms with van der Waals surface area (Å²) in [6, 6.07) is 15.0. The molecule has 1 saturated heterocycles. The topological polar surface area (TPSA) is 37.0 Å². The van der Waals surface area contributed by atoms with Crippen molar-refractivity contribution in [2.45, 2.75) is 12.5 Å². The summed E-state index contributed by atoms with van der Waals surface area (Å²) in [4.78, 5) is 4.33. The predicted molar refractivity (Wildman–Crippen MR) is 97.0 cm³/mol. The van der Waals surface area contributed by atoms with E-state index in [2.05, 4.69) is 78.2 Å². The molecule has 4 heteroatoms. The standard InChI is InChI=1S/C19H17N3S/c1-12-19(3,22-13(2)21-12)16-7-4-14(5-8-16)15-6-9-17-18(10-15)23-11-20-17/h4-11,21-22H,1-2H2,3H3/t19-/m1/s1. The molecule has 114 valence electrons. The molecule has 0 spiro atoms. The average molecular weight is 319 g/mol. The fourth-order valence-corrected chi connectivity index (χ4v) is 3.71. The molecular weight excluding hydrogens is 302 g/mol. The molecule has 23 heavy (non-hydrogen) atoms. The Balaban J connectivity index is 1.70. The molecule has 0 aliphatic carbocycles. The van der Waals surface area contributed by atoms with Gasteiger partial charge in [0, 0.05) is 5.70 Å². The van der Waals surface area contributed by atoms with Gasteiger partial charge in [0.05, 0.1) is 21.5 Å². The monoisotopic (exact) mass is 319 g/mol. The van der Waals surface area contributed by atoms with Gasteiger partial charge in [-0.25, -0.2) is 4.98 Å². The van der Waals surface area contributed by atoms with E-state index in [-0.39, 0.29) is 5.54 Å². The van der Waals surface area contributed by atoms with Crippen LogP contribution in [0.15, 0.2) is 72.7 Å². The Morgan fingerprint density at radius 2 is 1.78 bits per heavy atom. The van der Waals surface area contributed by atoms with Gasteiger partial charge in [-0.15, -0.1) is 11.3 Å². The number of nitrogens with zero attached hydrogens (tertiary/aromatic N) is 1. The van der Waals surface area contributed by atoms with Crippen LogP contribution in [0.4, 0.5) is 0 Å². The molecule has 1 atom stereocenters. The number of benzene rings is 2. The lowest BCUT2D eigenvalue weighted by atomic mass is 9.89. The average Bonchev–Trinajstić information content (AvgIpc) is 3.11. The maximum Gasteiger partial charge on any atom is 0.101 e. The van der Waals surface area contributed by atoms with E-state index in [0.29, 0.717) is 0 Å². The highest BCUT2D eigenvalue weighted by Gasteiger charge is 2.35. The maximum absolute atomic E-state index is 4.33. The first-order valence-corrected chi connectivity index (χ1v) is 8.32. The minimum Gasteiger partial charge on any atom is -0.357 e. The molecule has 2 heterocycles. The van der Waals surface area contributed by atoms with Crippen LogP contribution >= 0.6 is 11.3 Å². The number of aromatic nitrogens is 1. The van der Waals surface area contributed by atoms with E-state index in [1.807, 2.05) is 5.51 Å². The highest BCUT2D eigenvalue weighted by Crippen LogP contribution is 2.34. The third-order valence-corrected chi connectivity index (χ3v) is 5.22. The molecule has 0 radical (unpaired) electrons. The number of hydrogen-bond acceptors (Lipinski definition) is 4. The summed E-state index contributed by atoms with van der Waals surface area (Å²) < 4.78 is 1.21. The minimum atomic E-state index is -0.322. The Kier molecular flexibility index (Phi) is 3.03. The molecule has 2 N–H and O–H groups in total. The van der Waals surface area contributed by atoms with Crippen LogP contribution in [0.5, 0.6) is 0 Å². The van der Waals surface area contributed by atoms with Crippen molar-refractivity contribution in [3.63, 3.8) is 0 Å². The van der Waals surface area contributed by atoms with Crippen molar-refractivity contribution in [3.8, 4) is 11.1 Å². The van der Waals surface area contributed by atoms with Gasteiger partial charge >= 0.3 is 0 Å². The Hall–Kier alpha value is -2.59. The SMILES string of the molecule is C=C1NC(=C)[C@](C)(c2ccc(-c3ccc4ncsc4c3)cc2)N1. The second-order valence-corrected chi connectivity index (χ2v) is 6.83. The van der Waals surface area contributed by atoms with Crippen LogP contribution in [0.1, 0.15) is 12.5 Å². The summed E-state index contributed by atoms with van der Waals surface area (Å²) in [7, 11) is 0. The molecular formula is C19H17N3S. The Labute approximate surface area is 139 Å². The van der Waals surface area contributed by atoms with Crippen molar-refractivity contribution in [3.05, 3.63) is 78.2 Å². The molecule has 1 aliphatic rings. The van der Waals surface area contributed by atoms with Crippen LogP contribution in [0.25, 0.3) is 21.3 Å². The summed E-state index contributed by atoms with van der Waals surface area (Å²) in [5.74, 6) is 0.789. The lowest BCUT2D eigenvalue weighted by Gasteiger charge is -2.25. The van der Waals surface area contributed by atoms with E-state index in [0.717, 1.165) is 22.6 Å². The van der Waals surface area contributed by atoms with Gasteiger partial charge in [0.15, 0.2) is 0 Å². The maximum atomic E-state index is 4.33. The first-order valence-electron chi connectivity index (χ1n) is 7.44. The number of hydrogen-bond donors (Lipinski definition) is 2. The van der Waals surface area contributed by atoms with Crippen molar-refractivity contribution < 1.29 is 0 Å². The van der Waals surface area contributed by atoms with Crippen molar-refractivity contribution >= 4 is 21.6 Å². The van der Waals surface area contributed by atoms with E-state index < -0.39 is 0 Å². The van der Waals surface area contributed by atoms with Crippen LogP contribution in [0.2, 0.25) is 0 Å². The fraction of sp³-hybridized carbons (Fsp3) is 0.105. The van der Waals surface area contributed by atoms with Crippen LogP contribution in [0, 0.1) is 0 Å². The molecule has 3 nitrogen and oxygen atoms in total. The van der Waals surface area contributed by atoms with Crippen molar-refractivity contribution in [2.75, 3.05) is 0 Å². The first kappa shape index (κ1) is 14.0. The van der Waals surface area contributed by atoms with E-state index in [9.17, 15) is 0 Å². The lowest BCUT2D eigenvalue weighted by molar-refractivity contribution is 0.528. The van der Waals surface area contributed by atoms with Crippen LogP contribution < -0.4 is 10.6 Å². The highest BCUT2D eigenvalue weighted by molar-refractivity contribution is 7.16. The number of nitrogens with one attached hydrogen (secondary N) is 2. The lowest BCUT2D eigenvalue weighted by Crippen LogP contribution is -2.33. The third kappa shape index (κ3) is 2.23. The van der Waals surface area contributed by atoms with Gasteiger partial charge in [-0.2, -0.15) is 0 Å². The molecule has 0 bridgehead atoms. The first-order chi connectivity index (χ1) is 11.1. The van der Waals surface area contributed by atoms with Gasteiger partial charge < -0.3 is 10.6 Å². The Morgan fingerprint density at radius 3 is 2.48 bits per heavy atom. The van der Waals surface area contributed by atoms with Crippen molar-refractivity contribution in [1.29, 1.82) is 0 Å². The van der Waals surface area contributed by atoms with E-state index in [1.165, 1.54) is 15.8 Å². The van der Waals surface area contributed by atoms with E-state index in [4.69, 9.17) is 0 Å². The zero-order chi connectivity index (χ0) is 16.0. The van der Waals surface area contributed by atoms with Crippen molar-refractivity contribution in [1.82, 2.24) is 15.6 Å². The van der Waals surface area contributed by atoms with Crippen molar-refractivity contribution in [2.24, 2.45) is 0 Å². The quantitative estimate of drug-likeness (QED) is 0.737. The fourth-order valence-electron chi connectivity index (χ4n) is 2.99. The number of fused-ring (bicyclic) bond motifs is 1. The predicted octanol–water partition coefficient (Wildman–Crippen LogP) is 4.36. The molecule has 1 aromatic heterocycles. The normalized spacial score (nSPS) is 20.6. The van der Waals surface area contributed by atoms with Crippen LogP contribution in [-0.4, -0.2) is 4.98 Å². The summed E-state index contributed by atoms with van der Waals surface area (Å²) >= 11 is 1.67. The van der Waals surface area contributed by atoms with Gasteiger partial charge in [0.2, 0.25) is 0 Å². The molecule has 3 aromatic rings. The third-order valence-electron chi connectivity index (χ3n) is 4.43. The van der Waals surface area contributed by atoms with Gasteiger partial charge in [-0.05, 0) is 35.7 Å². The molecule has 1 fully saturated rings. The molecule has 0 unspecified atom stereocenters. The molecule has 0 amide bonds. The molecule has 0 saturated carbocycles. The minimum absolute atomic E-state index is 0.322. The zero-order valence-corrected chi connectivity index (χ0v) is 13.7. The summed E-state index contributed by atoms with van der Waals surface area (Å²) in [5.41, 5.74) is 7.10. The van der Waals surface area contributed by atoms with Gasteiger partial charge in [0.1, 0.15) is 5.54 Å². The van der Waals surface area contributed by atoms with Gasteiger partial charge in [-0.3, -0.25) is 0 Å². The number of thiazole rings is 1. The van der Waals surface area contributed by atoms with E-state index >= 15 is 0 Å². The Bertz CT molecular complexity index is 923. The van der Waals surface area contributed by atoms with Crippen LogP contribution in [0.3, 0.4) is 0 Å². The van der Waals surface area contributed by atoms with Crippen LogP contribution in [-0.2, 0) is 5.54 Å². The highest BCUT2D eigenvalue weighted by atomic mass is 32.1. The molecule has 1 aliphatic heterocycles. The number of rotatable bonds is 2. The zero-order valence-electron chi connectivity index (χ0n) is 12.9. The smallest absolute Gasteiger partial charge is 0.101 e. The van der Waals surface area contributed by atoms with Gasteiger partial charge in [0.25, 0.3) is 0 Å². The second-order valence-electron chi connectivity index (χ2n) is 5.94. The summed E-state index contributed by atoms with van der Waals surface area (Å²) in [5, 5.41) is 6.53. The molecule has 2 aromatic carbocycles. The van der Waals surface area contributed by atoms with E-state index in [1.54, 1.807) is 11.3 Å². The largest absolute Gasteiger partial charge is 0.357 e. The molecule has 4 rings (SSSR count). The Morgan fingerprint density at radius 1 is 1.04 bits per heavy atom. The summed E-state index contributed by atoms with van der Waals surface area (Å²) in [6.45, 7) is 10.1.